The molecule has 0 aliphatic carbocycles. The largest absolute Gasteiger partial charge is 0.0654 e. The van der Waals surface area contributed by atoms with Gasteiger partial charge in [0.2, 0.25) is 0 Å². The van der Waals surface area contributed by atoms with E-state index in [4.69, 9.17) is 0 Å². The molecule has 5 unspecified atom stereocenters. The Hall–Kier alpha value is 0. The Bertz CT molecular complexity index is 206. The Morgan fingerprint density at radius 3 is 1.58 bits per heavy atom. The number of unbranched alkanes of at least 4 members (excludes halogenated alkanes) is 2. The zero-order valence-electron chi connectivity index (χ0n) is 15.0. The van der Waals surface area contributed by atoms with Crippen LogP contribution in [0.3, 0.4) is 0 Å². The van der Waals surface area contributed by atoms with Crippen LogP contribution >= 0.6 is 0 Å². The lowest BCUT2D eigenvalue weighted by Gasteiger charge is -2.36. The Morgan fingerprint density at radius 2 is 1.16 bits per heavy atom. The molecule has 0 aliphatic rings. The highest BCUT2D eigenvalue weighted by Gasteiger charge is 2.29. The van der Waals surface area contributed by atoms with E-state index >= 15 is 0 Å². The van der Waals surface area contributed by atoms with Crippen LogP contribution in [0, 0.1) is 35.5 Å². The molecule has 0 amide bonds. The summed E-state index contributed by atoms with van der Waals surface area (Å²) >= 11 is 0. The van der Waals surface area contributed by atoms with Gasteiger partial charge in [-0.2, -0.15) is 0 Å². The van der Waals surface area contributed by atoms with Crippen LogP contribution in [-0.4, -0.2) is 0 Å². The average Bonchev–Trinajstić information content (AvgIpc) is 2.40. The van der Waals surface area contributed by atoms with Crippen LogP contribution < -0.4 is 0 Å². The van der Waals surface area contributed by atoms with Crippen LogP contribution in [0.2, 0.25) is 0 Å². The molecule has 0 heterocycles. The molecule has 0 N–H and O–H groups in total. The van der Waals surface area contributed by atoms with Crippen molar-refractivity contribution in [3.05, 3.63) is 0 Å². The summed E-state index contributed by atoms with van der Waals surface area (Å²) in [5, 5.41) is 0. The minimum absolute atomic E-state index is 0.810. The van der Waals surface area contributed by atoms with Crippen LogP contribution in [0.25, 0.3) is 0 Å². The Labute approximate surface area is 123 Å². The molecule has 0 saturated carbocycles. The van der Waals surface area contributed by atoms with E-state index in [9.17, 15) is 0 Å². The van der Waals surface area contributed by atoms with E-state index in [1.165, 1.54) is 32.1 Å². The van der Waals surface area contributed by atoms with Gasteiger partial charge in [0.05, 0.1) is 0 Å². The lowest BCUT2D eigenvalue weighted by Crippen LogP contribution is -2.29. The van der Waals surface area contributed by atoms with Gasteiger partial charge >= 0.3 is 0 Å². The molecule has 0 nitrogen and oxygen atoms in total. The van der Waals surface area contributed by atoms with Gasteiger partial charge in [-0.1, -0.05) is 87.5 Å². The molecule has 0 spiro atoms. The Kier molecular flexibility index (Phi) is 9.83. The maximum atomic E-state index is 2.51. The molecule has 116 valence electrons. The zero-order chi connectivity index (χ0) is 15.0. The molecular formula is C19H40. The van der Waals surface area contributed by atoms with Crippen molar-refractivity contribution in [1.82, 2.24) is 0 Å². The third kappa shape index (κ3) is 6.32. The fourth-order valence-electron chi connectivity index (χ4n) is 3.49. The summed E-state index contributed by atoms with van der Waals surface area (Å²) in [6.45, 7) is 19.4. The summed E-state index contributed by atoms with van der Waals surface area (Å²) in [4.78, 5) is 0. The minimum Gasteiger partial charge on any atom is -0.0654 e. The first kappa shape index (κ1) is 19.0. The molecule has 0 heteroatoms. The lowest BCUT2D eigenvalue weighted by atomic mass is 9.69. The zero-order valence-corrected chi connectivity index (χ0v) is 15.0. The van der Waals surface area contributed by atoms with Crippen molar-refractivity contribution in [3.63, 3.8) is 0 Å². The molecule has 5 atom stereocenters. The number of hydrogen-bond donors (Lipinski definition) is 0. The molecule has 0 fully saturated rings. The second kappa shape index (κ2) is 9.83. The van der Waals surface area contributed by atoms with Crippen molar-refractivity contribution < 1.29 is 0 Å². The molecular weight excluding hydrogens is 228 g/mol. The summed E-state index contributed by atoms with van der Waals surface area (Å²) in [7, 11) is 0. The van der Waals surface area contributed by atoms with Gasteiger partial charge in [-0.25, -0.2) is 0 Å². The van der Waals surface area contributed by atoms with Crippen LogP contribution in [0.4, 0.5) is 0 Å². The van der Waals surface area contributed by atoms with Gasteiger partial charge < -0.3 is 0 Å². The molecule has 0 saturated heterocycles. The van der Waals surface area contributed by atoms with Crippen LogP contribution in [0.1, 0.15) is 87.5 Å². The predicted octanol–water partition coefficient (Wildman–Crippen LogP) is 6.79. The van der Waals surface area contributed by atoms with Gasteiger partial charge in [0.25, 0.3) is 0 Å². The van der Waals surface area contributed by atoms with E-state index in [0.29, 0.717) is 0 Å². The fourth-order valence-corrected chi connectivity index (χ4v) is 3.49. The van der Waals surface area contributed by atoms with Crippen LogP contribution in [0.15, 0.2) is 0 Å². The molecule has 0 rings (SSSR count). The van der Waals surface area contributed by atoms with Crippen molar-refractivity contribution in [2.45, 2.75) is 87.5 Å². The molecule has 0 aromatic rings. The molecule has 0 bridgehead atoms. The topological polar surface area (TPSA) is 0 Å². The van der Waals surface area contributed by atoms with Gasteiger partial charge in [-0.05, 0) is 35.5 Å². The van der Waals surface area contributed by atoms with Crippen LogP contribution in [-0.2, 0) is 0 Å². The molecule has 0 aliphatic heterocycles. The maximum Gasteiger partial charge on any atom is -0.0386 e. The molecule has 0 aromatic heterocycles. The summed E-state index contributed by atoms with van der Waals surface area (Å²) in [6, 6.07) is 0. The SMILES string of the molecule is CCCCCC(CC)C(C)C(C)C(C)C(C)C(C)C. The lowest BCUT2D eigenvalue weighted by molar-refractivity contribution is 0.131. The first-order chi connectivity index (χ1) is 8.86. The summed E-state index contributed by atoms with van der Waals surface area (Å²) in [5.74, 6) is 5.15. The predicted molar refractivity (Wildman–Crippen MR) is 89.4 cm³/mol. The van der Waals surface area contributed by atoms with Gasteiger partial charge in [-0.3, -0.25) is 0 Å². The van der Waals surface area contributed by atoms with Crippen molar-refractivity contribution >= 4 is 0 Å². The molecule has 19 heavy (non-hydrogen) atoms. The first-order valence-electron chi connectivity index (χ1n) is 8.86. The third-order valence-electron chi connectivity index (χ3n) is 5.99. The quantitative estimate of drug-likeness (QED) is 0.382. The van der Waals surface area contributed by atoms with Crippen molar-refractivity contribution in [1.29, 1.82) is 0 Å². The number of rotatable bonds is 10. The van der Waals surface area contributed by atoms with E-state index in [-0.39, 0.29) is 0 Å². The smallest absolute Gasteiger partial charge is 0.0386 e. The molecule has 0 aromatic carbocycles. The normalized spacial score (nSPS) is 20.1. The van der Waals surface area contributed by atoms with Crippen molar-refractivity contribution in [3.8, 4) is 0 Å². The highest BCUT2D eigenvalue weighted by molar-refractivity contribution is 4.78. The molecule has 0 radical (unpaired) electrons. The summed E-state index contributed by atoms with van der Waals surface area (Å²) in [5.41, 5.74) is 0. The van der Waals surface area contributed by atoms with Crippen molar-refractivity contribution in [2.75, 3.05) is 0 Å². The van der Waals surface area contributed by atoms with E-state index in [0.717, 1.165) is 35.5 Å². The third-order valence-corrected chi connectivity index (χ3v) is 5.99. The van der Waals surface area contributed by atoms with Gasteiger partial charge in [0.15, 0.2) is 0 Å². The van der Waals surface area contributed by atoms with Gasteiger partial charge in [-0.15, -0.1) is 0 Å². The highest BCUT2D eigenvalue weighted by atomic mass is 14.3. The summed E-state index contributed by atoms with van der Waals surface area (Å²) < 4.78 is 0. The second-order valence-electron chi connectivity index (χ2n) is 7.34. The fraction of sp³-hybridized carbons (Fsp3) is 1.00. The maximum absolute atomic E-state index is 2.51. The average molecular weight is 269 g/mol. The van der Waals surface area contributed by atoms with E-state index < -0.39 is 0 Å². The summed E-state index contributed by atoms with van der Waals surface area (Å²) in [6.07, 6.45) is 6.99. The Morgan fingerprint density at radius 1 is 0.632 bits per heavy atom. The van der Waals surface area contributed by atoms with Crippen LogP contribution in [0.5, 0.6) is 0 Å². The van der Waals surface area contributed by atoms with Gasteiger partial charge in [0.1, 0.15) is 0 Å². The highest BCUT2D eigenvalue weighted by Crippen LogP contribution is 2.36. The van der Waals surface area contributed by atoms with E-state index in [1.54, 1.807) is 0 Å². The second-order valence-corrected chi connectivity index (χ2v) is 7.34. The first-order valence-corrected chi connectivity index (χ1v) is 8.86. The van der Waals surface area contributed by atoms with E-state index in [2.05, 4.69) is 55.4 Å². The standard InChI is InChI=1S/C19H40/c1-9-11-12-13-19(10-2)18(8)17(7)16(6)15(5)14(3)4/h14-19H,9-13H2,1-8H3. The van der Waals surface area contributed by atoms with E-state index in [1.807, 2.05) is 0 Å². The van der Waals surface area contributed by atoms with Gasteiger partial charge in [0, 0.05) is 0 Å². The van der Waals surface area contributed by atoms with Crippen molar-refractivity contribution in [2.24, 2.45) is 35.5 Å². The minimum atomic E-state index is 0.810. The monoisotopic (exact) mass is 268 g/mol. The number of hydrogen-bond acceptors (Lipinski definition) is 0. The Balaban J connectivity index is 4.44.